The van der Waals surface area contributed by atoms with Gasteiger partial charge >= 0.3 is 0 Å². The molecule has 2 rings (SSSR count). The van der Waals surface area contributed by atoms with Crippen LogP contribution in [0.15, 0.2) is 48.5 Å². The van der Waals surface area contributed by atoms with Crippen LogP contribution in [0.5, 0.6) is 0 Å². The molecule has 1 atom stereocenters. The minimum Gasteiger partial charge on any atom is -0.392 e. The second-order valence-electron chi connectivity index (χ2n) is 6.28. The highest BCUT2D eigenvalue weighted by molar-refractivity contribution is 5.94. The summed E-state index contributed by atoms with van der Waals surface area (Å²) in [4.78, 5) is 14.6. The molecule has 0 saturated carbocycles. The molecule has 0 aliphatic rings. The van der Waals surface area contributed by atoms with Crippen molar-refractivity contribution in [3.8, 4) is 11.1 Å². The topological polar surface area (TPSA) is 52.6 Å². The van der Waals surface area contributed by atoms with Crippen molar-refractivity contribution in [3.63, 3.8) is 0 Å². The smallest absolute Gasteiger partial charge is 0.251 e. The Morgan fingerprint density at radius 3 is 2.08 bits per heavy atom. The average molecular weight is 340 g/mol. The zero-order valence-corrected chi connectivity index (χ0v) is 15.3. The van der Waals surface area contributed by atoms with E-state index < -0.39 is 0 Å². The number of likely N-dealkylation sites (N-methyl/N-ethyl adjacent to an activating group) is 1. The number of hydrogen-bond donors (Lipinski definition) is 2. The van der Waals surface area contributed by atoms with Crippen molar-refractivity contribution in [1.29, 1.82) is 0 Å². The van der Waals surface area contributed by atoms with E-state index in [2.05, 4.69) is 31.1 Å². The first-order valence-electron chi connectivity index (χ1n) is 8.87. The highest BCUT2D eigenvalue weighted by Gasteiger charge is 2.13. The molecular formula is C21H28N2O2. The van der Waals surface area contributed by atoms with Crippen LogP contribution in [0.1, 0.15) is 36.2 Å². The molecule has 0 radical (unpaired) electrons. The molecule has 2 N–H and O–H groups in total. The third-order valence-electron chi connectivity index (χ3n) is 4.71. The first-order valence-corrected chi connectivity index (χ1v) is 8.87. The Hall–Kier alpha value is -2.17. The highest BCUT2D eigenvalue weighted by atomic mass is 16.3. The molecule has 1 unspecified atom stereocenters. The van der Waals surface area contributed by atoms with Crippen LogP contribution in [0.2, 0.25) is 0 Å². The minimum atomic E-state index is -0.0369. The van der Waals surface area contributed by atoms with Crippen LogP contribution in [0, 0.1) is 0 Å². The van der Waals surface area contributed by atoms with E-state index >= 15 is 0 Å². The van der Waals surface area contributed by atoms with Gasteiger partial charge in [-0.1, -0.05) is 50.2 Å². The lowest BCUT2D eigenvalue weighted by atomic mass is 10.0. The third-order valence-corrected chi connectivity index (χ3v) is 4.71. The van der Waals surface area contributed by atoms with Gasteiger partial charge in [0.1, 0.15) is 0 Å². The van der Waals surface area contributed by atoms with E-state index in [9.17, 15) is 4.79 Å². The summed E-state index contributed by atoms with van der Waals surface area (Å²) in [5.41, 5.74) is 3.69. The number of aliphatic hydroxyl groups is 1. The lowest BCUT2D eigenvalue weighted by Crippen LogP contribution is -2.41. The molecule has 4 nitrogen and oxygen atoms in total. The summed E-state index contributed by atoms with van der Waals surface area (Å²) in [6.07, 6.45) is 1.01. The van der Waals surface area contributed by atoms with E-state index in [0.717, 1.165) is 29.7 Å². The van der Waals surface area contributed by atoms with Gasteiger partial charge in [0.2, 0.25) is 0 Å². The van der Waals surface area contributed by atoms with Gasteiger partial charge in [-0.2, -0.15) is 0 Å². The van der Waals surface area contributed by atoms with Crippen molar-refractivity contribution in [2.75, 3.05) is 20.1 Å². The Balaban J connectivity index is 1.99. The molecule has 0 spiro atoms. The molecule has 1 amide bonds. The quantitative estimate of drug-likeness (QED) is 0.775. The first-order chi connectivity index (χ1) is 12.1. The second kappa shape index (κ2) is 9.35. The molecule has 0 aromatic heterocycles. The van der Waals surface area contributed by atoms with Crippen LogP contribution in [0.25, 0.3) is 11.1 Å². The predicted octanol–water partition coefficient (Wildman–Crippen LogP) is 3.31. The summed E-state index contributed by atoms with van der Waals surface area (Å²) in [5.74, 6) is -0.0369. The van der Waals surface area contributed by atoms with Gasteiger partial charge in [0.05, 0.1) is 6.61 Å². The second-order valence-corrected chi connectivity index (χ2v) is 6.28. The predicted molar refractivity (Wildman–Crippen MR) is 103 cm³/mol. The van der Waals surface area contributed by atoms with Gasteiger partial charge in [-0.15, -0.1) is 0 Å². The Morgan fingerprint density at radius 2 is 1.60 bits per heavy atom. The van der Waals surface area contributed by atoms with E-state index in [-0.39, 0.29) is 12.5 Å². The SMILES string of the molecule is CCC(CNC(=O)c1ccc(-c2ccc(CO)cc2)cc1)N(C)CC. The highest BCUT2D eigenvalue weighted by Crippen LogP contribution is 2.20. The maximum atomic E-state index is 12.3. The van der Waals surface area contributed by atoms with Gasteiger partial charge < -0.3 is 15.3 Å². The largest absolute Gasteiger partial charge is 0.392 e. The third kappa shape index (κ3) is 5.15. The number of rotatable bonds is 8. The fourth-order valence-corrected chi connectivity index (χ4v) is 2.80. The van der Waals surface area contributed by atoms with E-state index in [1.54, 1.807) is 0 Å². The molecule has 0 saturated heterocycles. The zero-order valence-electron chi connectivity index (χ0n) is 15.3. The lowest BCUT2D eigenvalue weighted by Gasteiger charge is -2.25. The van der Waals surface area contributed by atoms with E-state index in [1.807, 2.05) is 48.5 Å². The summed E-state index contributed by atoms with van der Waals surface area (Å²) >= 11 is 0. The van der Waals surface area contributed by atoms with Crippen LogP contribution in [-0.2, 0) is 6.61 Å². The summed E-state index contributed by atoms with van der Waals surface area (Å²) in [7, 11) is 2.08. The van der Waals surface area contributed by atoms with Crippen molar-refractivity contribution in [2.45, 2.75) is 32.9 Å². The summed E-state index contributed by atoms with van der Waals surface area (Å²) in [6.45, 7) is 5.93. The Morgan fingerprint density at radius 1 is 1.04 bits per heavy atom. The molecule has 0 bridgehead atoms. The number of carbonyl (C=O) groups excluding carboxylic acids is 1. The fraction of sp³-hybridized carbons (Fsp3) is 0.381. The average Bonchev–Trinajstić information content (AvgIpc) is 2.68. The Bertz CT molecular complexity index is 665. The van der Waals surface area contributed by atoms with Crippen LogP contribution in [0.3, 0.4) is 0 Å². The maximum absolute atomic E-state index is 12.3. The minimum absolute atomic E-state index is 0.0369. The van der Waals surface area contributed by atoms with Crippen LogP contribution >= 0.6 is 0 Å². The van der Waals surface area contributed by atoms with E-state index in [0.29, 0.717) is 18.2 Å². The molecule has 134 valence electrons. The normalized spacial score (nSPS) is 12.2. The molecule has 2 aromatic rings. The van der Waals surface area contributed by atoms with Crippen molar-refractivity contribution in [1.82, 2.24) is 10.2 Å². The van der Waals surface area contributed by atoms with E-state index in [1.165, 1.54) is 0 Å². The van der Waals surface area contributed by atoms with Gasteiger partial charge in [-0.25, -0.2) is 0 Å². The van der Waals surface area contributed by atoms with Crippen molar-refractivity contribution in [2.24, 2.45) is 0 Å². The molecular weight excluding hydrogens is 312 g/mol. The van der Waals surface area contributed by atoms with E-state index in [4.69, 9.17) is 5.11 Å². The summed E-state index contributed by atoms with van der Waals surface area (Å²) in [6, 6.07) is 15.8. The van der Waals surface area contributed by atoms with Gasteiger partial charge in [0.15, 0.2) is 0 Å². The molecule has 0 aliphatic heterocycles. The number of amides is 1. The van der Waals surface area contributed by atoms with Crippen LogP contribution in [0.4, 0.5) is 0 Å². The van der Waals surface area contributed by atoms with Crippen molar-refractivity contribution >= 4 is 5.91 Å². The Kier molecular flexibility index (Phi) is 7.16. The molecule has 0 aliphatic carbocycles. The molecule has 0 fully saturated rings. The molecule has 2 aromatic carbocycles. The number of nitrogens with one attached hydrogen (secondary N) is 1. The number of carbonyl (C=O) groups is 1. The number of nitrogens with zero attached hydrogens (tertiary/aromatic N) is 1. The van der Waals surface area contributed by atoms with Gasteiger partial charge in [-0.3, -0.25) is 4.79 Å². The number of aliphatic hydroxyl groups excluding tert-OH is 1. The van der Waals surface area contributed by atoms with Crippen LogP contribution in [-0.4, -0.2) is 42.1 Å². The zero-order chi connectivity index (χ0) is 18.2. The summed E-state index contributed by atoms with van der Waals surface area (Å²) in [5, 5.41) is 12.1. The molecule has 25 heavy (non-hydrogen) atoms. The number of benzene rings is 2. The van der Waals surface area contributed by atoms with Gasteiger partial charge in [-0.05, 0) is 48.8 Å². The standard InChI is InChI=1S/C21H28N2O2/c1-4-20(23(3)5-2)14-22-21(25)19-12-10-18(11-13-19)17-8-6-16(15-24)7-9-17/h6-13,20,24H,4-5,14-15H2,1-3H3,(H,22,25). The monoisotopic (exact) mass is 340 g/mol. The Labute approximate surface area is 150 Å². The van der Waals surface area contributed by atoms with Gasteiger partial charge in [0, 0.05) is 18.2 Å². The van der Waals surface area contributed by atoms with Gasteiger partial charge in [0.25, 0.3) is 5.91 Å². The maximum Gasteiger partial charge on any atom is 0.251 e. The molecule has 0 heterocycles. The van der Waals surface area contributed by atoms with Crippen LogP contribution < -0.4 is 5.32 Å². The molecule has 4 heteroatoms. The van der Waals surface area contributed by atoms with Crippen molar-refractivity contribution < 1.29 is 9.90 Å². The lowest BCUT2D eigenvalue weighted by molar-refractivity contribution is 0.0938. The number of hydrogen-bond acceptors (Lipinski definition) is 3. The fourth-order valence-electron chi connectivity index (χ4n) is 2.80. The first kappa shape index (κ1) is 19.2. The van der Waals surface area contributed by atoms with Crippen molar-refractivity contribution in [3.05, 3.63) is 59.7 Å². The summed E-state index contributed by atoms with van der Waals surface area (Å²) < 4.78 is 0.